The van der Waals surface area contributed by atoms with Crippen LogP contribution in [0.15, 0.2) is 95.6 Å². The van der Waals surface area contributed by atoms with Crippen molar-refractivity contribution in [3.05, 3.63) is 133 Å². The van der Waals surface area contributed by atoms with Gasteiger partial charge in [-0.1, -0.05) is 48.6 Å². The molecule has 4 aromatic rings. The fourth-order valence-electron chi connectivity index (χ4n) is 6.76. The van der Waals surface area contributed by atoms with Gasteiger partial charge in [0.15, 0.2) is 0 Å². The number of halogens is 6. The number of rotatable bonds is 2. The molecule has 1 unspecified atom stereocenters. The van der Waals surface area contributed by atoms with Crippen LogP contribution in [0.1, 0.15) is 56.8 Å². The second-order valence-electron chi connectivity index (χ2n) is 11.6. The summed E-state index contributed by atoms with van der Waals surface area (Å²) in [5.74, 6) is -0.189. The lowest BCUT2D eigenvalue weighted by Gasteiger charge is -2.21. The van der Waals surface area contributed by atoms with Gasteiger partial charge in [-0.2, -0.15) is 42.1 Å². The van der Waals surface area contributed by atoms with Crippen LogP contribution < -0.4 is 0 Å². The zero-order valence-corrected chi connectivity index (χ0v) is 25.6. The highest BCUT2D eigenvalue weighted by Gasteiger charge is 2.43. The molecule has 48 heavy (non-hydrogen) atoms. The first-order valence-electron chi connectivity index (χ1n) is 14.6. The highest BCUT2D eigenvalue weighted by atomic mass is 32.1. The van der Waals surface area contributed by atoms with Crippen LogP contribution in [0.2, 0.25) is 0 Å². The van der Waals surface area contributed by atoms with Crippen LogP contribution in [0.3, 0.4) is 0 Å². The molecule has 234 valence electrons. The maximum atomic E-state index is 13.2. The van der Waals surface area contributed by atoms with Gasteiger partial charge in [0, 0.05) is 38.0 Å². The van der Waals surface area contributed by atoms with Gasteiger partial charge in [-0.3, -0.25) is 0 Å². The molecule has 3 aliphatic carbocycles. The number of hydrogen-bond donors (Lipinski definition) is 0. The van der Waals surface area contributed by atoms with E-state index in [0.717, 1.165) is 62.6 Å². The third kappa shape index (κ3) is 4.78. The molecule has 3 nitrogen and oxygen atoms in total. The van der Waals surface area contributed by atoms with Crippen LogP contribution in [-0.4, -0.2) is 0 Å². The first kappa shape index (κ1) is 31.0. The van der Waals surface area contributed by atoms with Crippen LogP contribution in [0.25, 0.3) is 39.0 Å². The van der Waals surface area contributed by atoms with Crippen LogP contribution >= 0.6 is 11.3 Å². The molecule has 0 saturated carbocycles. The average Bonchev–Trinajstić information content (AvgIpc) is 3.69. The average molecular weight is 664 g/mol. The zero-order valence-electron chi connectivity index (χ0n) is 24.8. The standard InChI is InChI=1S/C38H19F6N3S/c1-19(16-45)31-29-14-22(20-2-8-25(9-3-20)37(39,40)41)6-12-27(29)33-34-28-13-7-23(21-4-10-26(11-5-21)38(42,43)44)15-30(28)32(24(17-46)18-47)36(34)48-35(31)33/h2-11,13-15,27H,12H2,1H3/b31-19+. The Morgan fingerprint density at radius 3 is 1.85 bits per heavy atom. The fraction of sp³-hybridized carbons (Fsp3) is 0.132. The fourth-order valence-corrected chi connectivity index (χ4v) is 8.33. The van der Waals surface area contributed by atoms with Gasteiger partial charge in [-0.05, 0) is 88.2 Å². The summed E-state index contributed by atoms with van der Waals surface area (Å²) in [7, 11) is 0. The molecule has 0 N–H and O–H groups in total. The molecule has 0 radical (unpaired) electrons. The summed E-state index contributed by atoms with van der Waals surface area (Å²) in [5.41, 5.74) is 6.55. The van der Waals surface area contributed by atoms with E-state index in [-0.39, 0.29) is 11.5 Å². The maximum Gasteiger partial charge on any atom is 0.416 e. The van der Waals surface area contributed by atoms with E-state index in [1.54, 1.807) is 19.1 Å². The Balaban J connectivity index is 1.37. The molecule has 3 aromatic carbocycles. The maximum absolute atomic E-state index is 13.2. The lowest BCUT2D eigenvalue weighted by atomic mass is 9.83. The summed E-state index contributed by atoms with van der Waals surface area (Å²) in [6.45, 7) is 1.71. The molecule has 3 aliphatic rings. The van der Waals surface area contributed by atoms with Crippen LogP contribution in [0.5, 0.6) is 0 Å². The van der Waals surface area contributed by atoms with Gasteiger partial charge in [0.05, 0.1) is 17.2 Å². The van der Waals surface area contributed by atoms with E-state index in [4.69, 9.17) is 0 Å². The number of nitrogens with zero attached hydrogens (tertiary/aromatic N) is 3. The molecule has 0 spiro atoms. The van der Waals surface area contributed by atoms with E-state index in [1.807, 2.05) is 30.4 Å². The number of fused-ring (bicyclic) bond motifs is 7. The molecular weight excluding hydrogens is 644 g/mol. The molecular formula is C38H19F6N3S. The van der Waals surface area contributed by atoms with Crippen molar-refractivity contribution in [2.45, 2.75) is 31.6 Å². The number of allylic oxidation sites excluding steroid dienone is 7. The van der Waals surface area contributed by atoms with Crippen LogP contribution in [-0.2, 0) is 12.4 Å². The molecule has 10 heteroatoms. The topological polar surface area (TPSA) is 71.4 Å². The Bertz CT molecular complexity index is 2290. The van der Waals surface area contributed by atoms with E-state index < -0.39 is 23.5 Å². The zero-order chi connectivity index (χ0) is 34.1. The third-order valence-electron chi connectivity index (χ3n) is 8.96. The SMILES string of the molecule is C/C(C#N)=C1/C2=CC(c3ccc(C(F)(F)F)cc3)=CCC2c2c1sc1c2-c2ccc(-c3ccc(C(F)(F)F)cc3)cc2C1=C(C#N)C#N. The van der Waals surface area contributed by atoms with Crippen molar-refractivity contribution in [3.63, 3.8) is 0 Å². The minimum atomic E-state index is -4.48. The molecule has 1 heterocycles. The van der Waals surface area contributed by atoms with E-state index in [9.17, 15) is 42.1 Å². The highest BCUT2D eigenvalue weighted by Crippen LogP contribution is 2.63. The Hall–Kier alpha value is -5.63. The molecule has 1 aromatic heterocycles. The molecule has 7 rings (SSSR count). The predicted molar refractivity (Wildman–Crippen MR) is 171 cm³/mol. The Morgan fingerprint density at radius 1 is 0.708 bits per heavy atom. The summed E-state index contributed by atoms with van der Waals surface area (Å²) < 4.78 is 79.2. The number of thiophene rings is 1. The first-order chi connectivity index (χ1) is 22.8. The highest BCUT2D eigenvalue weighted by molar-refractivity contribution is 7.15. The van der Waals surface area contributed by atoms with E-state index >= 15 is 0 Å². The van der Waals surface area contributed by atoms with Crippen molar-refractivity contribution in [2.75, 3.05) is 0 Å². The normalized spacial score (nSPS) is 17.2. The third-order valence-corrected chi connectivity index (χ3v) is 10.2. The van der Waals surface area contributed by atoms with Crippen molar-refractivity contribution in [2.24, 2.45) is 0 Å². The van der Waals surface area contributed by atoms with Crippen molar-refractivity contribution in [1.82, 2.24) is 0 Å². The summed E-state index contributed by atoms with van der Waals surface area (Å²) >= 11 is 1.38. The monoisotopic (exact) mass is 663 g/mol. The summed E-state index contributed by atoms with van der Waals surface area (Å²) in [6, 6.07) is 21.4. The van der Waals surface area contributed by atoms with Crippen LogP contribution in [0.4, 0.5) is 26.3 Å². The van der Waals surface area contributed by atoms with Crippen molar-refractivity contribution in [3.8, 4) is 40.5 Å². The van der Waals surface area contributed by atoms with Crippen molar-refractivity contribution in [1.29, 1.82) is 15.8 Å². The van der Waals surface area contributed by atoms with Crippen LogP contribution in [0, 0.1) is 34.0 Å². The van der Waals surface area contributed by atoms with E-state index in [2.05, 4.69) is 6.07 Å². The lowest BCUT2D eigenvalue weighted by molar-refractivity contribution is -0.138. The molecule has 0 fully saturated rings. The number of alkyl halides is 6. The minimum Gasteiger partial charge on any atom is -0.193 e. The minimum absolute atomic E-state index is 0.106. The summed E-state index contributed by atoms with van der Waals surface area (Å²) in [5, 5.41) is 30.0. The second-order valence-corrected chi connectivity index (χ2v) is 12.6. The summed E-state index contributed by atoms with van der Waals surface area (Å²) in [6.07, 6.45) is -4.55. The lowest BCUT2D eigenvalue weighted by Crippen LogP contribution is -2.05. The second kappa shape index (κ2) is 11.0. The molecule has 0 aliphatic heterocycles. The molecule has 0 bridgehead atoms. The summed E-state index contributed by atoms with van der Waals surface area (Å²) in [4.78, 5) is 1.54. The largest absolute Gasteiger partial charge is 0.416 e. The number of nitriles is 3. The van der Waals surface area contributed by atoms with Gasteiger partial charge in [-0.25, -0.2) is 0 Å². The van der Waals surface area contributed by atoms with Gasteiger partial charge >= 0.3 is 12.4 Å². The van der Waals surface area contributed by atoms with Gasteiger partial charge in [0.25, 0.3) is 0 Å². The van der Waals surface area contributed by atoms with Gasteiger partial charge < -0.3 is 0 Å². The quantitative estimate of drug-likeness (QED) is 0.139. The molecule has 1 atom stereocenters. The van der Waals surface area contributed by atoms with Crippen molar-refractivity contribution >= 4 is 28.1 Å². The Labute approximate surface area is 274 Å². The number of hydrogen-bond acceptors (Lipinski definition) is 4. The molecule has 0 amide bonds. The van der Waals surface area contributed by atoms with Gasteiger partial charge in [0.2, 0.25) is 0 Å². The van der Waals surface area contributed by atoms with E-state index in [1.165, 1.54) is 35.6 Å². The molecule has 0 saturated heterocycles. The van der Waals surface area contributed by atoms with Crippen molar-refractivity contribution < 1.29 is 26.3 Å². The first-order valence-corrected chi connectivity index (χ1v) is 15.4. The Kier molecular flexibility index (Phi) is 7.09. The van der Waals surface area contributed by atoms with Gasteiger partial charge in [0.1, 0.15) is 17.7 Å². The smallest absolute Gasteiger partial charge is 0.193 e. The van der Waals surface area contributed by atoms with Gasteiger partial charge in [-0.15, -0.1) is 11.3 Å². The number of benzene rings is 3. The Morgan fingerprint density at radius 2 is 1.29 bits per heavy atom. The van der Waals surface area contributed by atoms with E-state index in [0.29, 0.717) is 44.7 Å². The predicted octanol–water partition coefficient (Wildman–Crippen LogP) is 11.1.